The second-order valence-electron chi connectivity index (χ2n) is 6.17. The highest BCUT2D eigenvalue weighted by Crippen LogP contribution is 2.32. The number of carbonyl (C=O) groups is 2. The summed E-state index contributed by atoms with van der Waals surface area (Å²) in [5.74, 6) is -1.09. The Bertz CT molecular complexity index is 561. The molecule has 120 valence electrons. The Morgan fingerprint density at radius 2 is 1.86 bits per heavy atom. The van der Waals surface area contributed by atoms with Gasteiger partial charge >= 0.3 is 5.97 Å². The van der Waals surface area contributed by atoms with Gasteiger partial charge < -0.3 is 10.4 Å². The van der Waals surface area contributed by atoms with Gasteiger partial charge in [-0.2, -0.15) is 0 Å². The average molecular weight is 303 g/mol. The van der Waals surface area contributed by atoms with Crippen molar-refractivity contribution in [2.24, 2.45) is 5.41 Å². The first-order valence-corrected chi connectivity index (χ1v) is 8.16. The van der Waals surface area contributed by atoms with Gasteiger partial charge in [0, 0.05) is 12.1 Å². The van der Waals surface area contributed by atoms with E-state index in [9.17, 15) is 14.7 Å². The summed E-state index contributed by atoms with van der Waals surface area (Å²) in [5.41, 5.74) is 2.42. The molecule has 22 heavy (non-hydrogen) atoms. The number of aliphatic carboxylic acids is 1. The SMILES string of the molecule is CCC(CC)(CC(=O)Nc1cccc2c1CCCC2)C(=O)O. The minimum atomic E-state index is -0.959. The molecule has 0 saturated heterocycles. The minimum Gasteiger partial charge on any atom is -0.481 e. The van der Waals surface area contributed by atoms with E-state index >= 15 is 0 Å². The van der Waals surface area contributed by atoms with Crippen LogP contribution in [0.2, 0.25) is 0 Å². The fraction of sp³-hybridized carbons (Fsp3) is 0.556. The number of fused-ring (bicyclic) bond motifs is 1. The first-order valence-electron chi connectivity index (χ1n) is 8.16. The van der Waals surface area contributed by atoms with Crippen LogP contribution in [0.4, 0.5) is 5.69 Å². The maximum Gasteiger partial charge on any atom is 0.310 e. The highest BCUT2D eigenvalue weighted by molar-refractivity contribution is 5.95. The van der Waals surface area contributed by atoms with E-state index in [0.717, 1.165) is 24.9 Å². The molecule has 1 aromatic rings. The van der Waals surface area contributed by atoms with Crippen LogP contribution < -0.4 is 5.32 Å². The summed E-state index contributed by atoms with van der Waals surface area (Å²) < 4.78 is 0. The summed E-state index contributed by atoms with van der Waals surface area (Å²) in [6.45, 7) is 3.66. The van der Waals surface area contributed by atoms with E-state index < -0.39 is 11.4 Å². The third-order valence-corrected chi connectivity index (χ3v) is 4.98. The van der Waals surface area contributed by atoms with Crippen molar-refractivity contribution in [2.75, 3.05) is 5.32 Å². The summed E-state index contributed by atoms with van der Waals surface area (Å²) in [4.78, 5) is 23.9. The first-order chi connectivity index (χ1) is 10.5. The van der Waals surface area contributed by atoms with Gasteiger partial charge in [-0.15, -0.1) is 0 Å². The van der Waals surface area contributed by atoms with Gasteiger partial charge in [0.15, 0.2) is 0 Å². The summed E-state index contributed by atoms with van der Waals surface area (Å²) in [5, 5.41) is 12.4. The Kier molecular flexibility index (Phi) is 5.22. The van der Waals surface area contributed by atoms with Crippen LogP contribution in [0, 0.1) is 5.41 Å². The van der Waals surface area contributed by atoms with Crippen molar-refractivity contribution < 1.29 is 14.7 Å². The highest BCUT2D eigenvalue weighted by Gasteiger charge is 2.37. The number of rotatable bonds is 6. The van der Waals surface area contributed by atoms with Crippen molar-refractivity contribution in [2.45, 2.75) is 58.8 Å². The molecule has 0 saturated carbocycles. The van der Waals surface area contributed by atoms with Gasteiger partial charge in [0.25, 0.3) is 0 Å². The average Bonchev–Trinajstić information content (AvgIpc) is 2.53. The van der Waals surface area contributed by atoms with E-state index in [1.807, 2.05) is 26.0 Å². The molecule has 1 aliphatic rings. The zero-order valence-electron chi connectivity index (χ0n) is 13.4. The van der Waals surface area contributed by atoms with Gasteiger partial charge in [-0.25, -0.2) is 0 Å². The van der Waals surface area contributed by atoms with Crippen LogP contribution in [0.15, 0.2) is 18.2 Å². The highest BCUT2D eigenvalue weighted by atomic mass is 16.4. The Hall–Kier alpha value is -1.84. The van der Waals surface area contributed by atoms with Crippen LogP contribution in [0.25, 0.3) is 0 Å². The molecular weight excluding hydrogens is 278 g/mol. The van der Waals surface area contributed by atoms with Gasteiger partial charge in [0.2, 0.25) is 5.91 Å². The van der Waals surface area contributed by atoms with E-state index in [-0.39, 0.29) is 12.3 Å². The predicted octanol–water partition coefficient (Wildman–Crippen LogP) is 3.79. The smallest absolute Gasteiger partial charge is 0.310 e. The van der Waals surface area contributed by atoms with Gasteiger partial charge in [-0.05, 0) is 55.7 Å². The second kappa shape index (κ2) is 6.95. The lowest BCUT2D eigenvalue weighted by molar-refractivity contribution is -0.151. The molecule has 1 aliphatic carbocycles. The fourth-order valence-corrected chi connectivity index (χ4v) is 3.28. The van der Waals surface area contributed by atoms with E-state index in [1.165, 1.54) is 17.5 Å². The molecule has 1 aromatic carbocycles. The van der Waals surface area contributed by atoms with Crippen LogP contribution in [0.3, 0.4) is 0 Å². The van der Waals surface area contributed by atoms with Gasteiger partial charge in [-0.3, -0.25) is 9.59 Å². The number of carboxylic acid groups (broad SMARTS) is 1. The Balaban J connectivity index is 2.14. The molecule has 0 aromatic heterocycles. The lowest BCUT2D eigenvalue weighted by atomic mass is 9.79. The molecule has 0 unspecified atom stereocenters. The summed E-state index contributed by atoms with van der Waals surface area (Å²) in [7, 11) is 0. The van der Waals surface area contributed by atoms with Gasteiger partial charge in [0.1, 0.15) is 0 Å². The van der Waals surface area contributed by atoms with E-state index in [2.05, 4.69) is 11.4 Å². The predicted molar refractivity (Wildman–Crippen MR) is 87.0 cm³/mol. The van der Waals surface area contributed by atoms with Gasteiger partial charge in [-0.1, -0.05) is 26.0 Å². The quantitative estimate of drug-likeness (QED) is 0.840. The molecule has 0 spiro atoms. The summed E-state index contributed by atoms with van der Waals surface area (Å²) in [6, 6.07) is 6.00. The third-order valence-electron chi connectivity index (χ3n) is 4.98. The number of hydrogen-bond acceptors (Lipinski definition) is 2. The van der Waals surface area contributed by atoms with Crippen molar-refractivity contribution >= 4 is 17.6 Å². The van der Waals surface area contributed by atoms with Crippen LogP contribution in [-0.2, 0) is 22.4 Å². The zero-order chi connectivity index (χ0) is 16.2. The standard InChI is InChI=1S/C18H25NO3/c1-3-18(4-2,17(21)22)12-16(20)19-15-11-7-9-13-8-5-6-10-14(13)15/h7,9,11H,3-6,8,10,12H2,1-2H3,(H,19,20)(H,21,22). The van der Waals surface area contributed by atoms with Crippen LogP contribution in [0.5, 0.6) is 0 Å². The molecule has 0 fully saturated rings. The Labute approximate surface area is 131 Å². The van der Waals surface area contributed by atoms with E-state index in [1.54, 1.807) is 0 Å². The number of amides is 1. The molecule has 0 aliphatic heterocycles. The van der Waals surface area contributed by atoms with Crippen molar-refractivity contribution in [3.05, 3.63) is 29.3 Å². The molecule has 2 N–H and O–H groups in total. The molecule has 0 bridgehead atoms. The van der Waals surface area contributed by atoms with Crippen molar-refractivity contribution in [3.8, 4) is 0 Å². The summed E-state index contributed by atoms with van der Waals surface area (Å²) in [6.07, 6.45) is 5.32. The molecule has 1 amide bonds. The van der Waals surface area contributed by atoms with Crippen molar-refractivity contribution in [3.63, 3.8) is 0 Å². The molecule has 0 heterocycles. The van der Waals surface area contributed by atoms with E-state index in [4.69, 9.17) is 0 Å². The fourth-order valence-electron chi connectivity index (χ4n) is 3.28. The molecular formula is C18H25NO3. The van der Waals surface area contributed by atoms with Crippen molar-refractivity contribution in [1.82, 2.24) is 0 Å². The zero-order valence-corrected chi connectivity index (χ0v) is 13.4. The third kappa shape index (κ3) is 3.32. The lowest BCUT2D eigenvalue weighted by Crippen LogP contribution is -2.34. The van der Waals surface area contributed by atoms with Crippen LogP contribution in [-0.4, -0.2) is 17.0 Å². The molecule has 4 heteroatoms. The number of anilines is 1. The van der Waals surface area contributed by atoms with Gasteiger partial charge in [0.05, 0.1) is 5.41 Å². The molecule has 0 atom stereocenters. The maximum absolute atomic E-state index is 12.4. The number of aryl methyl sites for hydroxylation is 1. The number of carboxylic acids is 1. The monoisotopic (exact) mass is 303 g/mol. The van der Waals surface area contributed by atoms with Crippen LogP contribution in [0.1, 0.15) is 57.1 Å². The normalized spacial score (nSPS) is 14.3. The summed E-state index contributed by atoms with van der Waals surface area (Å²) >= 11 is 0. The molecule has 0 radical (unpaired) electrons. The second-order valence-corrected chi connectivity index (χ2v) is 6.17. The van der Waals surface area contributed by atoms with E-state index in [0.29, 0.717) is 12.8 Å². The molecule has 2 rings (SSSR count). The lowest BCUT2D eigenvalue weighted by Gasteiger charge is -2.26. The molecule has 4 nitrogen and oxygen atoms in total. The number of benzene rings is 1. The number of nitrogens with one attached hydrogen (secondary N) is 1. The minimum absolute atomic E-state index is 0.0268. The van der Waals surface area contributed by atoms with Crippen molar-refractivity contribution in [1.29, 1.82) is 0 Å². The first kappa shape index (κ1) is 16.5. The maximum atomic E-state index is 12.4. The number of hydrogen-bond donors (Lipinski definition) is 2. The Morgan fingerprint density at radius 1 is 1.18 bits per heavy atom. The van der Waals surface area contributed by atoms with Crippen LogP contribution >= 0.6 is 0 Å². The Morgan fingerprint density at radius 3 is 2.50 bits per heavy atom. The number of carbonyl (C=O) groups excluding carboxylic acids is 1. The largest absolute Gasteiger partial charge is 0.481 e. The topological polar surface area (TPSA) is 66.4 Å².